The van der Waals surface area contributed by atoms with Crippen molar-refractivity contribution in [1.29, 1.82) is 0 Å². The second kappa shape index (κ2) is 10.8. The standard InChI is InChI=1S/C24H30N8OS2/c1-16-14-17(2)27-22(26-16)28-23(29-24(34)25-15-18-6-5-13-33-18)32-11-9-31(10-12-32)21-19-7-3-4-8-20(19)35-30-21/h3-4,7-8,14,18H,5-6,9-13,15H2,1-2H3,(H2,25,26,27,28,29,34). The first-order chi connectivity index (χ1) is 17.0. The van der Waals surface area contributed by atoms with E-state index >= 15 is 0 Å². The third-order valence-corrected chi connectivity index (χ3v) is 7.21. The van der Waals surface area contributed by atoms with Crippen LogP contribution in [-0.2, 0) is 4.74 Å². The maximum absolute atomic E-state index is 5.70. The van der Waals surface area contributed by atoms with Crippen LogP contribution in [0.3, 0.4) is 0 Å². The molecule has 3 aromatic rings. The number of guanidine groups is 1. The molecule has 0 aliphatic carbocycles. The normalized spacial score (nSPS) is 18.8. The average molecular weight is 511 g/mol. The maximum atomic E-state index is 5.70. The molecule has 2 aliphatic rings. The van der Waals surface area contributed by atoms with Crippen LogP contribution >= 0.6 is 23.8 Å². The topological polar surface area (TPSA) is 90.8 Å². The molecule has 2 aromatic heterocycles. The number of hydrogen-bond donors (Lipinski definition) is 2. The molecule has 2 fully saturated rings. The highest BCUT2D eigenvalue weighted by atomic mass is 32.1. The highest BCUT2D eigenvalue weighted by Crippen LogP contribution is 2.29. The van der Waals surface area contributed by atoms with E-state index in [4.69, 9.17) is 26.3 Å². The van der Waals surface area contributed by atoms with Crippen molar-refractivity contribution >= 4 is 56.7 Å². The molecule has 0 amide bonds. The average Bonchev–Trinajstić information content (AvgIpc) is 3.52. The smallest absolute Gasteiger partial charge is 0.229 e. The number of hydrogen-bond acceptors (Lipinski definition) is 7. The van der Waals surface area contributed by atoms with Crippen LogP contribution in [-0.4, -0.2) is 75.7 Å². The van der Waals surface area contributed by atoms with Gasteiger partial charge in [-0.15, -0.1) is 0 Å². The number of ether oxygens (including phenoxy) is 1. The van der Waals surface area contributed by atoms with Gasteiger partial charge in [0.25, 0.3) is 0 Å². The number of aromatic nitrogens is 3. The second-order valence-corrected chi connectivity index (χ2v) is 10.0. The molecule has 0 bridgehead atoms. The summed E-state index contributed by atoms with van der Waals surface area (Å²) in [4.78, 5) is 18.4. The highest BCUT2D eigenvalue weighted by Gasteiger charge is 2.24. The molecule has 35 heavy (non-hydrogen) atoms. The number of nitrogens with one attached hydrogen (secondary N) is 2. The summed E-state index contributed by atoms with van der Waals surface area (Å²) in [5.41, 5.74) is 1.80. The minimum atomic E-state index is 0.193. The maximum Gasteiger partial charge on any atom is 0.229 e. The summed E-state index contributed by atoms with van der Waals surface area (Å²) in [6.07, 6.45) is 2.34. The molecule has 4 heterocycles. The van der Waals surface area contributed by atoms with Crippen LogP contribution < -0.4 is 15.5 Å². The Kier molecular flexibility index (Phi) is 7.35. The van der Waals surface area contributed by atoms with Crippen LogP contribution in [0.4, 0.5) is 11.8 Å². The lowest BCUT2D eigenvalue weighted by Crippen LogP contribution is -2.51. The van der Waals surface area contributed by atoms with Crippen LogP contribution in [0, 0.1) is 13.8 Å². The van der Waals surface area contributed by atoms with E-state index in [1.807, 2.05) is 19.9 Å². The van der Waals surface area contributed by atoms with Gasteiger partial charge in [0, 0.05) is 56.1 Å². The molecule has 184 valence electrons. The minimum Gasteiger partial charge on any atom is -0.376 e. The quantitative estimate of drug-likeness (QED) is 0.311. The van der Waals surface area contributed by atoms with Gasteiger partial charge in [-0.3, -0.25) is 5.32 Å². The number of nitrogens with zero attached hydrogens (tertiary/aromatic N) is 6. The number of anilines is 2. The van der Waals surface area contributed by atoms with E-state index in [2.05, 4.69) is 54.7 Å². The van der Waals surface area contributed by atoms with Crippen LogP contribution in [0.5, 0.6) is 0 Å². The zero-order valence-electron chi connectivity index (χ0n) is 20.0. The van der Waals surface area contributed by atoms with E-state index in [1.54, 1.807) is 11.5 Å². The zero-order valence-corrected chi connectivity index (χ0v) is 21.7. The lowest BCUT2D eigenvalue weighted by molar-refractivity contribution is 0.114. The first-order valence-corrected chi connectivity index (χ1v) is 13.1. The molecule has 2 N–H and O–H groups in total. The van der Waals surface area contributed by atoms with E-state index in [0.717, 1.165) is 62.8 Å². The SMILES string of the molecule is Cc1cc(C)nc(N/C(=N/C(=S)NCC2CCCO2)N2CCN(c3nsc4ccccc34)CC2)n1. The van der Waals surface area contributed by atoms with Crippen LogP contribution in [0.25, 0.3) is 10.1 Å². The molecule has 0 saturated carbocycles. The van der Waals surface area contributed by atoms with Crippen molar-refractivity contribution in [3.05, 3.63) is 41.7 Å². The fraction of sp³-hybridized carbons (Fsp3) is 0.458. The third-order valence-electron chi connectivity index (χ3n) is 6.16. The number of piperazine rings is 1. The molecule has 1 atom stereocenters. The van der Waals surface area contributed by atoms with Crippen LogP contribution in [0.1, 0.15) is 24.2 Å². The molecular formula is C24H30N8OS2. The molecule has 1 aromatic carbocycles. The number of benzene rings is 1. The van der Waals surface area contributed by atoms with Gasteiger partial charge < -0.3 is 19.9 Å². The van der Waals surface area contributed by atoms with Crippen molar-refractivity contribution in [3.8, 4) is 0 Å². The molecule has 0 radical (unpaired) electrons. The van der Waals surface area contributed by atoms with Crippen molar-refractivity contribution < 1.29 is 4.74 Å². The highest BCUT2D eigenvalue weighted by molar-refractivity contribution is 7.80. The van der Waals surface area contributed by atoms with Crippen LogP contribution in [0.15, 0.2) is 35.3 Å². The Morgan fingerprint density at radius 1 is 1.17 bits per heavy atom. The van der Waals surface area contributed by atoms with E-state index in [9.17, 15) is 0 Å². The molecule has 2 saturated heterocycles. The number of rotatable bonds is 4. The van der Waals surface area contributed by atoms with E-state index < -0.39 is 0 Å². The Hall–Kier alpha value is -2.89. The predicted molar refractivity (Wildman–Crippen MR) is 146 cm³/mol. The van der Waals surface area contributed by atoms with Crippen molar-refractivity contribution in [3.63, 3.8) is 0 Å². The van der Waals surface area contributed by atoms with Crippen LogP contribution in [0.2, 0.25) is 0 Å². The lowest BCUT2D eigenvalue weighted by Gasteiger charge is -2.36. The predicted octanol–water partition coefficient (Wildman–Crippen LogP) is 3.35. The Balaban J connectivity index is 1.30. The Morgan fingerprint density at radius 2 is 1.94 bits per heavy atom. The van der Waals surface area contributed by atoms with Gasteiger partial charge in [0.15, 0.2) is 5.11 Å². The number of aliphatic imine (C=N–C) groups is 1. The van der Waals surface area contributed by atoms with Crippen molar-refractivity contribution in [2.45, 2.75) is 32.8 Å². The zero-order chi connectivity index (χ0) is 24.2. The van der Waals surface area contributed by atoms with Crippen molar-refractivity contribution in [2.75, 3.05) is 49.5 Å². The van der Waals surface area contributed by atoms with Gasteiger partial charge in [-0.05, 0) is 68.6 Å². The number of fused-ring (bicyclic) bond motifs is 1. The summed E-state index contributed by atoms with van der Waals surface area (Å²) < 4.78 is 11.6. The minimum absolute atomic E-state index is 0.193. The van der Waals surface area contributed by atoms with Gasteiger partial charge in [-0.25, -0.2) is 9.97 Å². The third kappa shape index (κ3) is 5.85. The summed E-state index contributed by atoms with van der Waals surface area (Å²) in [7, 11) is 0. The van der Waals surface area contributed by atoms with Gasteiger partial charge in [-0.1, -0.05) is 12.1 Å². The summed E-state index contributed by atoms with van der Waals surface area (Å²) in [6.45, 7) is 8.62. The Morgan fingerprint density at radius 3 is 2.69 bits per heavy atom. The monoisotopic (exact) mass is 510 g/mol. The molecule has 11 heteroatoms. The lowest BCUT2D eigenvalue weighted by atomic mass is 10.2. The summed E-state index contributed by atoms with van der Waals surface area (Å²) in [5.74, 6) is 2.24. The van der Waals surface area contributed by atoms with E-state index in [-0.39, 0.29) is 6.10 Å². The molecule has 5 rings (SSSR count). The van der Waals surface area contributed by atoms with Gasteiger partial charge in [0.05, 0.1) is 10.8 Å². The number of aryl methyl sites for hydroxylation is 2. The van der Waals surface area contributed by atoms with Gasteiger partial charge in [0.1, 0.15) is 5.82 Å². The second-order valence-electron chi connectivity index (χ2n) is 8.83. The van der Waals surface area contributed by atoms with Gasteiger partial charge in [0.2, 0.25) is 11.9 Å². The molecular weight excluding hydrogens is 480 g/mol. The molecule has 1 unspecified atom stereocenters. The summed E-state index contributed by atoms with van der Waals surface area (Å²) in [6, 6.07) is 10.3. The fourth-order valence-corrected chi connectivity index (χ4v) is 5.40. The Bertz CT molecular complexity index is 1190. The van der Waals surface area contributed by atoms with E-state index in [0.29, 0.717) is 23.6 Å². The Labute approximate surface area is 214 Å². The summed E-state index contributed by atoms with van der Waals surface area (Å²) >= 11 is 7.11. The molecule has 0 spiro atoms. The van der Waals surface area contributed by atoms with Crippen molar-refractivity contribution in [1.82, 2.24) is 24.6 Å². The molecule has 9 nitrogen and oxygen atoms in total. The van der Waals surface area contributed by atoms with Gasteiger partial charge in [-0.2, -0.15) is 9.37 Å². The summed E-state index contributed by atoms with van der Waals surface area (Å²) in [5, 5.41) is 8.22. The van der Waals surface area contributed by atoms with Gasteiger partial charge >= 0.3 is 0 Å². The fourth-order valence-electron chi connectivity index (χ4n) is 4.43. The largest absolute Gasteiger partial charge is 0.376 e. The molecule has 2 aliphatic heterocycles. The number of thiocarbonyl (C=S) groups is 1. The van der Waals surface area contributed by atoms with Crippen molar-refractivity contribution in [2.24, 2.45) is 4.99 Å². The van der Waals surface area contributed by atoms with E-state index in [1.165, 1.54) is 10.1 Å². The first-order valence-electron chi connectivity index (χ1n) is 12.0. The first kappa shape index (κ1) is 23.8.